The Morgan fingerprint density at radius 2 is 1.81 bits per heavy atom. The number of ether oxygens (including phenoxy) is 1. The predicted molar refractivity (Wildman–Crippen MR) is 119 cm³/mol. The fourth-order valence-corrected chi connectivity index (χ4v) is 4.41. The number of thiophene rings is 1. The van der Waals surface area contributed by atoms with Crippen molar-refractivity contribution in [2.45, 2.75) is 11.0 Å². The van der Waals surface area contributed by atoms with Crippen LogP contribution >= 0.6 is 11.3 Å². The van der Waals surface area contributed by atoms with E-state index in [-0.39, 0.29) is 16.6 Å². The van der Waals surface area contributed by atoms with Gasteiger partial charge in [0.25, 0.3) is 0 Å². The molecule has 0 aliphatic carbocycles. The van der Waals surface area contributed by atoms with Gasteiger partial charge in [-0.15, -0.1) is 11.3 Å². The molecule has 0 saturated carbocycles. The Morgan fingerprint density at radius 3 is 2.41 bits per heavy atom. The number of hydrogen-bond acceptors (Lipinski definition) is 6. The minimum Gasteiger partial charge on any atom is -0.463 e. The zero-order chi connectivity index (χ0) is 22.7. The van der Waals surface area contributed by atoms with Crippen LogP contribution in [-0.4, -0.2) is 13.4 Å². The van der Waals surface area contributed by atoms with E-state index in [9.17, 15) is 18.1 Å². The molecule has 0 saturated heterocycles. The number of aromatic nitrogens is 1. The molecule has 2 aromatic heterocycles. The number of rotatable bonds is 6. The first-order valence-corrected chi connectivity index (χ1v) is 11.8. The van der Waals surface area contributed by atoms with Crippen molar-refractivity contribution in [2.24, 2.45) is 5.14 Å². The van der Waals surface area contributed by atoms with Gasteiger partial charge in [0.15, 0.2) is 6.10 Å². The number of primary sulfonamides is 1. The number of nitriles is 1. The zero-order valence-corrected chi connectivity index (χ0v) is 18.1. The molecule has 0 radical (unpaired) electrons. The van der Waals surface area contributed by atoms with Gasteiger partial charge in [-0.3, -0.25) is 0 Å². The van der Waals surface area contributed by atoms with Crippen LogP contribution in [0, 0.1) is 17.1 Å². The van der Waals surface area contributed by atoms with Crippen LogP contribution in [0.15, 0.2) is 83.2 Å². The Kier molecular flexibility index (Phi) is 6.01. The summed E-state index contributed by atoms with van der Waals surface area (Å²) in [4.78, 5) is 5.19. The predicted octanol–water partition coefficient (Wildman–Crippen LogP) is 4.64. The molecule has 4 aromatic rings. The Morgan fingerprint density at radius 1 is 1.09 bits per heavy atom. The van der Waals surface area contributed by atoms with E-state index in [1.165, 1.54) is 41.8 Å². The van der Waals surface area contributed by atoms with Gasteiger partial charge in [0.05, 0.1) is 10.5 Å². The van der Waals surface area contributed by atoms with Gasteiger partial charge in [0, 0.05) is 16.6 Å². The van der Waals surface area contributed by atoms with E-state index in [1.807, 2.05) is 23.6 Å². The van der Waals surface area contributed by atoms with Crippen LogP contribution in [-0.2, 0) is 10.0 Å². The topological polar surface area (TPSA) is 106 Å². The quantitative estimate of drug-likeness (QED) is 0.447. The number of hydrogen-bond donors (Lipinski definition) is 1. The first-order chi connectivity index (χ1) is 15.3. The van der Waals surface area contributed by atoms with Gasteiger partial charge in [-0.2, -0.15) is 5.26 Å². The second-order valence-electron chi connectivity index (χ2n) is 6.82. The fraction of sp³-hybridized carbons (Fsp3) is 0.0435. The monoisotopic (exact) mass is 465 g/mol. The molecule has 0 fully saturated rings. The lowest BCUT2D eigenvalue weighted by Crippen LogP contribution is -2.12. The van der Waals surface area contributed by atoms with E-state index in [0.717, 1.165) is 10.4 Å². The summed E-state index contributed by atoms with van der Waals surface area (Å²) in [5, 5.41) is 16.4. The smallest absolute Gasteiger partial charge is 0.238 e. The zero-order valence-electron chi connectivity index (χ0n) is 16.5. The molecule has 1 atom stereocenters. The van der Waals surface area contributed by atoms with Crippen molar-refractivity contribution < 1.29 is 17.5 Å². The van der Waals surface area contributed by atoms with Crippen molar-refractivity contribution >= 4 is 21.4 Å². The van der Waals surface area contributed by atoms with Crippen LogP contribution < -0.4 is 9.88 Å². The molecule has 0 aliphatic heterocycles. The van der Waals surface area contributed by atoms with Crippen LogP contribution in [0.25, 0.3) is 11.1 Å². The molecule has 2 heterocycles. The van der Waals surface area contributed by atoms with Gasteiger partial charge in [-0.25, -0.2) is 22.9 Å². The maximum absolute atomic E-state index is 13.5. The largest absolute Gasteiger partial charge is 0.463 e. The lowest BCUT2D eigenvalue weighted by molar-refractivity contribution is 0.242. The summed E-state index contributed by atoms with van der Waals surface area (Å²) in [6.45, 7) is 0. The summed E-state index contributed by atoms with van der Waals surface area (Å²) >= 11 is 1.48. The molecule has 2 aromatic carbocycles. The van der Waals surface area contributed by atoms with Gasteiger partial charge in [-0.1, -0.05) is 30.3 Å². The molecule has 32 heavy (non-hydrogen) atoms. The SMILES string of the molecule is N#Cc1cnc(OC(c2ccc(F)cc2)c2cccs2)c(-c2ccc(S(N)(=O)=O)cc2)c1. The van der Waals surface area contributed by atoms with Gasteiger partial charge in [0.2, 0.25) is 15.9 Å². The molecule has 2 N–H and O–H groups in total. The minimum atomic E-state index is -3.84. The molecular weight excluding hydrogens is 449 g/mol. The number of sulfonamides is 1. The summed E-state index contributed by atoms with van der Waals surface area (Å²) in [7, 11) is -3.84. The highest BCUT2D eigenvalue weighted by atomic mass is 32.2. The Bertz CT molecular complexity index is 1380. The van der Waals surface area contributed by atoms with E-state index in [1.54, 1.807) is 30.3 Å². The fourth-order valence-electron chi connectivity index (χ4n) is 3.12. The van der Waals surface area contributed by atoms with Gasteiger partial charge >= 0.3 is 0 Å². The summed E-state index contributed by atoms with van der Waals surface area (Å²) in [5.41, 5.74) is 2.16. The molecule has 0 spiro atoms. The van der Waals surface area contributed by atoms with Gasteiger partial charge < -0.3 is 4.74 Å². The van der Waals surface area contributed by atoms with Crippen LogP contribution in [0.4, 0.5) is 4.39 Å². The minimum absolute atomic E-state index is 0.0316. The average molecular weight is 466 g/mol. The Balaban J connectivity index is 1.79. The van der Waals surface area contributed by atoms with Crippen LogP contribution in [0.5, 0.6) is 5.88 Å². The third-order valence-electron chi connectivity index (χ3n) is 4.68. The standard InChI is InChI=1S/C23H16FN3O3S2/c24-18-7-3-17(4-8-18)22(21-2-1-11-31-21)30-23-20(12-15(13-25)14-27-23)16-5-9-19(10-6-16)32(26,28)29/h1-12,14,22H,(H2,26,28,29). The molecule has 160 valence electrons. The first-order valence-electron chi connectivity index (χ1n) is 9.34. The van der Waals surface area contributed by atoms with Crippen molar-refractivity contribution in [1.82, 2.24) is 4.98 Å². The van der Waals surface area contributed by atoms with E-state index in [0.29, 0.717) is 16.7 Å². The van der Waals surface area contributed by atoms with Gasteiger partial charge in [-0.05, 0) is 52.9 Å². The van der Waals surface area contributed by atoms with Crippen molar-refractivity contribution in [1.29, 1.82) is 5.26 Å². The van der Waals surface area contributed by atoms with E-state index >= 15 is 0 Å². The number of benzene rings is 2. The maximum atomic E-state index is 13.5. The van der Waals surface area contributed by atoms with Crippen molar-refractivity contribution in [3.8, 4) is 23.1 Å². The average Bonchev–Trinajstić information content (AvgIpc) is 3.32. The third kappa shape index (κ3) is 4.68. The summed E-state index contributed by atoms with van der Waals surface area (Å²) in [6.07, 6.45) is 0.840. The second kappa shape index (κ2) is 8.88. The van der Waals surface area contributed by atoms with Crippen molar-refractivity contribution in [3.05, 3.63) is 100 Å². The summed E-state index contributed by atoms with van der Waals surface area (Å²) < 4.78 is 42.9. The number of pyridine rings is 1. The molecule has 0 bridgehead atoms. The molecule has 6 nitrogen and oxygen atoms in total. The van der Waals surface area contributed by atoms with Crippen LogP contribution in [0.1, 0.15) is 22.1 Å². The van der Waals surface area contributed by atoms with E-state index < -0.39 is 16.1 Å². The second-order valence-corrected chi connectivity index (χ2v) is 9.36. The highest BCUT2D eigenvalue weighted by molar-refractivity contribution is 7.89. The molecule has 1 unspecified atom stereocenters. The van der Waals surface area contributed by atoms with E-state index in [2.05, 4.69) is 4.98 Å². The number of nitrogens with two attached hydrogens (primary N) is 1. The van der Waals surface area contributed by atoms with Crippen molar-refractivity contribution in [3.63, 3.8) is 0 Å². The first kappa shape index (κ1) is 21.6. The lowest BCUT2D eigenvalue weighted by Gasteiger charge is -2.20. The molecule has 9 heteroatoms. The number of nitrogens with zero attached hydrogens (tertiary/aromatic N) is 2. The van der Waals surface area contributed by atoms with Crippen molar-refractivity contribution in [2.75, 3.05) is 0 Å². The van der Waals surface area contributed by atoms with E-state index in [4.69, 9.17) is 9.88 Å². The summed E-state index contributed by atoms with van der Waals surface area (Å²) in [5.74, 6) is -0.110. The number of halogens is 1. The van der Waals surface area contributed by atoms with Crippen LogP contribution in [0.2, 0.25) is 0 Å². The highest BCUT2D eigenvalue weighted by Gasteiger charge is 2.21. The Labute approximate surface area is 188 Å². The van der Waals surface area contributed by atoms with Gasteiger partial charge in [0.1, 0.15) is 11.9 Å². The molecule has 0 aliphatic rings. The normalized spacial score (nSPS) is 12.2. The molecular formula is C23H16FN3O3S2. The highest BCUT2D eigenvalue weighted by Crippen LogP contribution is 2.36. The third-order valence-corrected chi connectivity index (χ3v) is 6.52. The Hall–Kier alpha value is -3.58. The summed E-state index contributed by atoms with van der Waals surface area (Å²) in [6, 6.07) is 19.4. The lowest BCUT2D eigenvalue weighted by atomic mass is 10.0. The molecule has 0 amide bonds. The van der Waals surface area contributed by atoms with Crippen LogP contribution in [0.3, 0.4) is 0 Å². The molecule has 4 rings (SSSR count). The maximum Gasteiger partial charge on any atom is 0.238 e.